The van der Waals surface area contributed by atoms with Gasteiger partial charge in [0.15, 0.2) is 0 Å². The molecule has 0 N–H and O–H groups in total. The van der Waals surface area contributed by atoms with E-state index in [1.165, 1.54) is 56.7 Å². The molecule has 4 heterocycles. The first kappa shape index (κ1) is 22.8. The van der Waals surface area contributed by atoms with Crippen LogP contribution in [0.4, 0.5) is 0 Å². The highest BCUT2D eigenvalue weighted by molar-refractivity contribution is 7.15. The molecule has 0 aliphatic carbocycles. The van der Waals surface area contributed by atoms with Gasteiger partial charge in [-0.15, -0.1) is 11.3 Å². The highest BCUT2D eigenvalue weighted by Gasteiger charge is 2.27. The van der Waals surface area contributed by atoms with Gasteiger partial charge in [-0.1, -0.05) is 0 Å². The Bertz CT molecular complexity index is 938. The van der Waals surface area contributed by atoms with Crippen molar-refractivity contribution < 1.29 is 9.53 Å². The van der Waals surface area contributed by atoms with Crippen LogP contribution in [0, 0.1) is 0 Å². The minimum Gasteiger partial charge on any atom is -0.494 e. The lowest BCUT2D eigenvalue weighted by Crippen LogP contribution is -2.40. The van der Waals surface area contributed by atoms with Crippen molar-refractivity contribution in [3.8, 4) is 16.3 Å². The molecule has 33 heavy (non-hydrogen) atoms. The number of fused-ring (bicyclic) bond motifs is 1. The van der Waals surface area contributed by atoms with Crippen LogP contribution >= 0.6 is 11.3 Å². The second-order valence-corrected chi connectivity index (χ2v) is 10.7. The van der Waals surface area contributed by atoms with Crippen molar-refractivity contribution in [2.24, 2.45) is 0 Å². The number of rotatable bonds is 8. The van der Waals surface area contributed by atoms with E-state index in [1.807, 2.05) is 4.90 Å². The van der Waals surface area contributed by atoms with Crippen LogP contribution in [0.25, 0.3) is 10.6 Å². The number of hydrogen-bond acceptors (Lipinski definition) is 6. The molecule has 1 amide bonds. The molecule has 0 bridgehead atoms. The zero-order valence-electron chi connectivity index (χ0n) is 19.8. The number of carbonyl (C=O) groups is 1. The first-order valence-electron chi connectivity index (χ1n) is 12.6. The van der Waals surface area contributed by atoms with E-state index in [-0.39, 0.29) is 5.91 Å². The maximum absolute atomic E-state index is 11.7. The van der Waals surface area contributed by atoms with Gasteiger partial charge in [0.25, 0.3) is 0 Å². The molecule has 1 aromatic carbocycles. The van der Waals surface area contributed by atoms with Crippen molar-refractivity contribution in [3.05, 3.63) is 34.8 Å². The Morgan fingerprint density at radius 2 is 1.94 bits per heavy atom. The SMILES string of the molecule is CC(=O)N1CCc2nc(-c3ccc(OCCCN4CCCC4CN4CCCC4)cc3)sc2C1. The molecule has 1 atom stereocenters. The normalized spacial score (nSPS) is 21.5. The van der Waals surface area contributed by atoms with Crippen LogP contribution in [0.3, 0.4) is 0 Å². The average molecular weight is 469 g/mol. The Morgan fingerprint density at radius 1 is 1.12 bits per heavy atom. The number of carbonyl (C=O) groups excluding carboxylic acids is 1. The summed E-state index contributed by atoms with van der Waals surface area (Å²) < 4.78 is 6.05. The van der Waals surface area contributed by atoms with Gasteiger partial charge in [-0.2, -0.15) is 0 Å². The van der Waals surface area contributed by atoms with Crippen LogP contribution in [0.5, 0.6) is 5.75 Å². The van der Waals surface area contributed by atoms with E-state index in [0.29, 0.717) is 6.54 Å². The molecule has 2 fully saturated rings. The van der Waals surface area contributed by atoms with Crippen LogP contribution in [0.1, 0.15) is 49.6 Å². The second-order valence-electron chi connectivity index (χ2n) is 9.65. The molecule has 7 heteroatoms. The standard InChI is InChI=1S/C26H36N4O2S/c1-20(31)30-16-11-24-25(19-30)33-26(27-24)21-7-9-23(10-8-21)32-17-5-15-29-14-4-6-22(29)18-28-12-2-3-13-28/h7-10,22H,2-6,11-19H2,1H3. The Kier molecular flexibility index (Phi) is 7.28. The molecule has 1 aromatic heterocycles. The summed E-state index contributed by atoms with van der Waals surface area (Å²) in [4.78, 5) is 25.0. The summed E-state index contributed by atoms with van der Waals surface area (Å²) in [5.41, 5.74) is 2.27. The smallest absolute Gasteiger partial charge is 0.219 e. The van der Waals surface area contributed by atoms with Gasteiger partial charge < -0.3 is 14.5 Å². The van der Waals surface area contributed by atoms with Crippen LogP contribution in [0.15, 0.2) is 24.3 Å². The highest BCUT2D eigenvalue weighted by atomic mass is 32.1. The first-order chi connectivity index (χ1) is 16.2. The van der Waals surface area contributed by atoms with Gasteiger partial charge in [0.2, 0.25) is 5.91 Å². The number of aromatic nitrogens is 1. The van der Waals surface area contributed by atoms with Gasteiger partial charge in [-0.25, -0.2) is 4.98 Å². The van der Waals surface area contributed by atoms with Crippen molar-refractivity contribution in [3.63, 3.8) is 0 Å². The molecule has 0 saturated carbocycles. The van der Waals surface area contributed by atoms with E-state index >= 15 is 0 Å². The van der Waals surface area contributed by atoms with E-state index in [1.54, 1.807) is 18.3 Å². The Balaban J connectivity index is 1.08. The lowest BCUT2D eigenvalue weighted by atomic mass is 10.2. The number of hydrogen-bond donors (Lipinski definition) is 0. The minimum atomic E-state index is 0.143. The van der Waals surface area contributed by atoms with Crippen molar-refractivity contribution >= 4 is 17.2 Å². The van der Waals surface area contributed by atoms with Crippen LogP contribution < -0.4 is 4.74 Å². The highest BCUT2D eigenvalue weighted by Crippen LogP contribution is 2.32. The Hall–Kier alpha value is -1.96. The average Bonchev–Trinajstić information content (AvgIpc) is 3.58. The molecule has 178 valence electrons. The molecule has 3 aliphatic heterocycles. The zero-order chi connectivity index (χ0) is 22.6. The predicted octanol–water partition coefficient (Wildman–Crippen LogP) is 4.04. The van der Waals surface area contributed by atoms with Crippen molar-refractivity contribution in [2.75, 3.05) is 45.9 Å². The molecular formula is C26H36N4O2S. The van der Waals surface area contributed by atoms with Gasteiger partial charge in [0.1, 0.15) is 10.8 Å². The summed E-state index contributed by atoms with van der Waals surface area (Å²) in [6.45, 7) is 10.1. The fourth-order valence-electron chi connectivity index (χ4n) is 5.40. The Labute approximate surface area is 201 Å². The monoisotopic (exact) mass is 468 g/mol. The van der Waals surface area contributed by atoms with Gasteiger partial charge in [-0.3, -0.25) is 9.69 Å². The molecule has 5 rings (SSSR count). The summed E-state index contributed by atoms with van der Waals surface area (Å²) >= 11 is 1.71. The first-order valence-corrected chi connectivity index (χ1v) is 13.4. The molecule has 6 nitrogen and oxygen atoms in total. The van der Waals surface area contributed by atoms with Crippen molar-refractivity contribution in [2.45, 2.75) is 58.0 Å². The van der Waals surface area contributed by atoms with E-state index in [9.17, 15) is 4.79 Å². The summed E-state index contributed by atoms with van der Waals surface area (Å²) in [7, 11) is 0. The largest absolute Gasteiger partial charge is 0.494 e. The van der Waals surface area contributed by atoms with Crippen molar-refractivity contribution in [1.29, 1.82) is 0 Å². The van der Waals surface area contributed by atoms with Crippen LogP contribution in [0.2, 0.25) is 0 Å². The molecule has 1 unspecified atom stereocenters. The summed E-state index contributed by atoms with van der Waals surface area (Å²) in [5, 5.41) is 1.04. The van der Waals surface area contributed by atoms with Gasteiger partial charge in [-0.05, 0) is 76.0 Å². The third kappa shape index (κ3) is 5.58. The number of benzene rings is 1. The molecule has 0 spiro atoms. The molecule has 0 radical (unpaired) electrons. The van der Waals surface area contributed by atoms with E-state index < -0.39 is 0 Å². The molecule has 3 aliphatic rings. The summed E-state index contributed by atoms with van der Waals surface area (Å²) in [5.74, 6) is 1.07. The molecule has 2 aromatic rings. The fourth-order valence-corrected chi connectivity index (χ4v) is 6.53. The van der Waals surface area contributed by atoms with Crippen molar-refractivity contribution in [1.82, 2.24) is 19.7 Å². The lowest BCUT2D eigenvalue weighted by Gasteiger charge is -2.28. The zero-order valence-corrected chi connectivity index (χ0v) is 20.6. The quantitative estimate of drug-likeness (QED) is 0.547. The number of ether oxygens (including phenoxy) is 1. The third-order valence-corrected chi connectivity index (χ3v) is 8.43. The Morgan fingerprint density at radius 3 is 2.73 bits per heavy atom. The van der Waals surface area contributed by atoms with E-state index in [2.05, 4.69) is 34.1 Å². The number of nitrogens with zero attached hydrogens (tertiary/aromatic N) is 4. The summed E-state index contributed by atoms with van der Waals surface area (Å²) in [6.07, 6.45) is 7.37. The van der Waals surface area contributed by atoms with E-state index in [0.717, 1.165) is 60.6 Å². The van der Waals surface area contributed by atoms with Gasteiger partial charge >= 0.3 is 0 Å². The topological polar surface area (TPSA) is 48.9 Å². The van der Waals surface area contributed by atoms with E-state index in [4.69, 9.17) is 9.72 Å². The number of amides is 1. The second kappa shape index (κ2) is 10.5. The molecular weight excluding hydrogens is 432 g/mol. The summed E-state index contributed by atoms with van der Waals surface area (Å²) in [6, 6.07) is 9.07. The third-order valence-electron chi connectivity index (χ3n) is 7.30. The van der Waals surface area contributed by atoms with Gasteiger partial charge in [0, 0.05) is 49.5 Å². The maximum Gasteiger partial charge on any atom is 0.219 e. The van der Waals surface area contributed by atoms with Crippen LogP contribution in [-0.2, 0) is 17.8 Å². The maximum atomic E-state index is 11.7. The fraction of sp³-hybridized carbons (Fsp3) is 0.615. The predicted molar refractivity (Wildman–Crippen MR) is 133 cm³/mol. The minimum absolute atomic E-state index is 0.143. The van der Waals surface area contributed by atoms with Crippen LogP contribution in [-0.4, -0.2) is 77.5 Å². The lowest BCUT2D eigenvalue weighted by molar-refractivity contribution is -0.129. The van der Waals surface area contributed by atoms with Gasteiger partial charge in [0.05, 0.1) is 18.8 Å². The number of thiazole rings is 1. The molecule has 2 saturated heterocycles. The number of likely N-dealkylation sites (tertiary alicyclic amines) is 2.